The summed E-state index contributed by atoms with van der Waals surface area (Å²) in [5.74, 6) is 2.99. The van der Waals surface area contributed by atoms with Gasteiger partial charge in [-0.1, -0.05) is 0 Å². The van der Waals surface area contributed by atoms with Crippen molar-refractivity contribution >= 4 is 28.4 Å². The Morgan fingerprint density at radius 2 is 2.00 bits per heavy atom. The van der Waals surface area contributed by atoms with Crippen molar-refractivity contribution in [1.82, 2.24) is 24.4 Å². The molecule has 2 unspecified atom stereocenters. The summed E-state index contributed by atoms with van der Waals surface area (Å²) in [7, 11) is 3.95. The van der Waals surface area contributed by atoms with Crippen LogP contribution in [0.1, 0.15) is 17.7 Å². The molecule has 0 aromatic carbocycles. The molecule has 1 saturated carbocycles. The molecule has 1 saturated heterocycles. The quantitative estimate of drug-likeness (QED) is 0.716. The van der Waals surface area contributed by atoms with E-state index in [1.807, 2.05) is 31.6 Å². The molecule has 0 bridgehead atoms. The van der Waals surface area contributed by atoms with Crippen molar-refractivity contribution in [3.63, 3.8) is 0 Å². The molecule has 3 aliphatic rings. The standard InChI is InChI=1S/C22H25N7O/c1-27-6-4-18-16(10-27)8-17(21(30)28(18)2)25-22-24-9-13-3-5-23-20(19(13)26-22)29-11-14-7-15(14)12-29/h3,5,8-9,14-15H,4,6-7,10-12H2,1-2H3,(H,24,25,26). The molecule has 5 heterocycles. The molecule has 2 fully saturated rings. The van der Waals surface area contributed by atoms with Crippen LogP contribution in [0.3, 0.4) is 0 Å². The Bertz CT molecular complexity index is 1210. The molecular formula is C22H25N7O. The molecular weight excluding hydrogens is 378 g/mol. The van der Waals surface area contributed by atoms with Crippen molar-refractivity contribution in [2.45, 2.75) is 19.4 Å². The van der Waals surface area contributed by atoms with E-state index in [-0.39, 0.29) is 5.56 Å². The van der Waals surface area contributed by atoms with Crippen LogP contribution in [0.2, 0.25) is 0 Å². The Labute approximate surface area is 174 Å². The molecule has 1 N–H and O–H groups in total. The van der Waals surface area contributed by atoms with Crippen LogP contribution in [0.15, 0.2) is 29.3 Å². The molecule has 3 aromatic heterocycles. The molecule has 8 nitrogen and oxygen atoms in total. The van der Waals surface area contributed by atoms with Crippen molar-refractivity contribution in [3.8, 4) is 0 Å². The molecule has 2 aliphatic heterocycles. The zero-order valence-electron chi connectivity index (χ0n) is 17.3. The summed E-state index contributed by atoms with van der Waals surface area (Å²) < 4.78 is 1.76. The Morgan fingerprint density at radius 3 is 2.83 bits per heavy atom. The van der Waals surface area contributed by atoms with E-state index in [1.165, 1.54) is 12.0 Å². The highest BCUT2D eigenvalue weighted by atomic mass is 16.1. The maximum absolute atomic E-state index is 12.9. The highest BCUT2D eigenvalue weighted by Gasteiger charge is 2.45. The third-order valence-corrected chi connectivity index (χ3v) is 6.80. The van der Waals surface area contributed by atoms with Gasteiger partial charge in [0.1, 0.15) is 11.2 Å². The van der Waals surface area contributed by atoms with E-state index in [4.69, 9.17) is 4.98 Å². The molecule has 2 atom stereocenters. The summed E-state index contributed by atoms with van der Waals surface area (Å²) in [6.07, 6.45) is 5.87. The highest BCUT2D eigenvalue weighted by Crippen LogP contribution is 2.46. The minimum Gasteiger partial charge on any atom is -0.354 e. The fourth-order valence-electron chi connectivity index (χ4n) is 4.98. The molecule has 30 heavy (non-hydrogen) atoms. The van der Waals surface area contributed by atoms with Gasteiger partial charge >= 0.3 is 0 Å². The van der Waals surface area contributed by atoms with Crippen molar-refractivity contribution in [2.24, 2.45) is 18.9 Å². The van der Waals surface area contributed by atoms with Crippen LogP contribution in [0.4, 0.5) is 17.5 Å². The Hall–Kier alpha value is -3.00. The summed E-state index contributed by atoms with van der Waals surface area (Å²) in [4.78, 5) is 31.4. The van der Waals surface area contributed by atoms with Crippen LogP contribution < -0.4 is 15.8 Å². The van der Waals surface area contributed by atoms with Crippen LogP contribution in [0.25, 0.3) is 10.9 Å². The normalized spacial score (nSPS) is 22.8. The zero-order chi connectivity index (χ0) is 20.4. The first kappa shape index (κ1) is 17.8. The second-order valence-electron chi connectivity index (χ2n) is 8.93. The summed E-state index contributed by atoms with van der Waals surface area (Å²) >= 11 is 0. The first-order valence-corrected chi connectivity index (χ1v) is 10.6. The predicted octanol–water partition coefficient (Wildman–Crippen LogP) is 1.91. The first-order chi connectivity index (χ1) is 14.6. The number of hydrogen-bond acceptors (Lipinski definition) is 7. The second-order valence-corrected chi connectivity index (χ2v) is 8.93. The van der Waals surface area contributed by atoms with Crippen molar-refractivity contribution in [2.75, 3.05) is 36.9 Å². The van der Waals surface area contributed by atoms with Crippen LogP contribution >= 0.6 is 0 Å². The fourth-order valence-corrected chi connectivity index (χ4v) is 4.98. The predicted molar refractivity (Wildman–Crippen MR) is 116 cm³/mol. The average molecular weight is 403 g/mol. The number of nitrogens with one attached hydrogen (secondary N) is 1. The van der Waals surface area contributed by atoms with Crippen LogP contribution in [0, 0.1) is 11.8 Å². The maximum Gasteiger partial charge on any atom is 0.274 e. The number of piperidine rings is 1. The van der Waals surface area contributed by atoms with E-state index >= 15 is 0 Å². The van der Waals surface area contributed by atoms with Crippen LogP contribution in [-0.2, 0) is 20.0 Å². The number of pyridine rings is 2. The number of likely N-dealkylation sites (N-methyl/N-ethyl adjacent to an activating group) is 1. The van der Waals surface area contributed by atoms with E-state index in [0.717, 1.165) is 66.9 Å². The molecule has 6 rings (SSSR count). The van der Waals surface area contributed by atoms with Crippen molar-refractivity contribution in [1.29, 1.82) is 0 Å². The van der Waals surface area contributed by atoms with Gasteiger partial charge in [0.2, 0.25) is 5.95 Å². The summed E-state index contributed by atoms with van der Waals surface area (Å²) in [5.41, 5.74) is 3.59. The molecule has 8 heteroatoms. The van der Waals surface area contributed by atoms with Gasteiger partial charge in [0.15, 0.2) is 5.82 Å². The van der Waals surface area contributed by atoms with E-state index in [1.54, 1.807) is 4.57 Å². The first-order valence-electron chi connectivity index (χ1n) is 10.6. The van der Waals surface area contributed by atoms with Gasteiger partial charge in [0, 0.05) is 63.1 Å². The van der Waals surface area contributed by atoms with Gasteiger partial charge in [-0.25, -0.2) is 15.0 Å². The molecule has 0 radical (unpaired) electrons. The number of nitrogens with zero attached hydrogens (tertiary/aromatic N) is 6. The van der Waals surface area contributed by atoms with E-state index in [9.17, 15) is 4.79 Å². The Morgan fingerprint density at radius 1 is 1.17 bits per heavy atom. The van der Waals surface area contributed by atoms with Gasteiger partial charge < -0.3 is 19.7 Å². The zero-order valence-corrected chi connectivity index (χ0v) is 17.3. The third kappa shape index (κ3) is 2.86. The lowest BCUT2D eigenvalue weighted by Crippen LogP contribution is -2.33. The number of aromatic nitrogens is 4. The van der Waals surface area contributed by atoms with Crippen LogP contribution in [0.5, 0.6) is 0 Å². The second kappa shape index (κ2) is 6.50. The molecule has 1 aliphatic carbocycles. The van der Waals surface area contributed by atoms with Crippen molar-refractivity contribution in [3.05, 3.63) is 46.1 Å². The van der Waals surface area contributed by atoms with Crippen molar-refractivity contribution < 1.29 is 0 Å². The third-order valence-electron chi connectivity index (χ3n) is 6.80. The minimum absolute atomic E-state index is 0.0481. The van der Waals surface area contributed by atoms with Gasteiger partial charge in [0.05, 0.1) is 0 Å². The Balaban J connectivity index is 1.37. The average Bonchev–Trinajstić information content (AvgIpc) is 3.36. The SMILES string of the molecule is CN1CCc2c(cc(Nc3ncc4ccnc(N5CC6CC6C5)c4n3)c(=O)n2C)C1. The van der Waals surface area contributed by atoms with Gasteiger partial charge in [-0.2, -0.15) is 0 Å². The molecule has 0 spiro atoms. The monoisotopic (exact) mass is 403 g/mol. The lowest BCUT2D eigenvalue weighted by molar-refractivity contribution is 0.306. The summed E-state index contributed by atoms with van der Waals surface area (Å²) in [5, 5.41) is 4.15. The van der Waals surface area contributed by atoms with Gasteiger partial charge in [0.25, 0.3) is 5.56 Å². The lowest BCUT2D eigenvalue weighted by Gasteiger charge is -2.27. The van der Waals surface area contributed by atoms with Gasteiger partial charge in [-0.15, -0.1) is 0 Å². The number of fused-ring (bicyclic) bond motifs is 3. The Kier molecular flexibility index (Phi) is 3.86. The molecule has 0 amide bonds. The maximum atomic E-state index is 12.9. The van der Waals surface area contributed by atoms with E-state index in [0.29, 0.717) is 11.6 Å². The fraction of sp³-hybridized carbons (Fsp3) is 0.455. The smallest absolute Gasteiger partial charge is 0.274 e. The summed E-state index contributed by atoms with van der Waals surface area (Å²) in [6.45, 7) is 3.92. The number of anilines is 3. The lowest BCUT2D eigenvalue weighted by atomic mass is 10.1. The number of hydrogen-bond donors (Lipinski definition) is 1. The van der Waals surface area contributed by atoms with Gasteiger partial charge in [-0.3, -0.25) is 4.79 Å². The molecule has 154 valence electrons. The van der Waals surface area contributed by atoms with E-state index < -0.39 is 0 Å². The largest absolute Gasteiger partial charge is 0.354 e. The topological polar surface area (TPSA) is 79.2 Å². The van der Waals surface area contributed by atoms with E-state index in [2.05, 4.69) is 32.1 Å². The van der Waals surface area contributed by atoms with Gasteiger partial charge in [-0.05, 0) is 43.0 Å². The highest BCUT2D eigenvalue weighted by molar-refractivity contribution is 5.89. The number of rotatable bonds is 3. The summed E-state index contributed by atoms with van der Waals surface area (Å²) in [6, 6.07) is 3.90. The molecule has 3 aromatic rings. The van der Waals surface area contributed by atoms with Crippen LogP contribution in [-0.4, -0.2) is 51.1 Å². The minimum atomic E-state index is -0.0481.